The second-order valence-electron chi connectivity index (χ2n) is 9.12. The zero-order chi connectivity index (χ0) is 28.5. The monoisotopic (exact) mass is 548 g/mol. The van der Waals surface area contributed by atoms with Gasteiger partial charge in [-0.25, -0.2) is 4.79 Å². The number of aromatic nitrogens is 1. The molecule has 12 heteroatoms. The van der Waals surface area contributed by atoms with E-state index < -0.39 is 61.4 Å². The number of methoxy groups -OCH3 is 1. The van der Waals surface area contributed by atoms with E-state index in [0.717, 1.165) is 12.7 Å². The van der Waals surface area contributed by atoms with Crippen molar-refractivity contribution in [3.8, 4) is 0 Å². The first-order chi connectivity index (χ1) is 18.8. The number of rotatable bonds is 9. The maximum absolute atomic E-state index is 11.9. The number of benzene rings is 1. The van der Waals surface area contributed by atoms with Crippen molar-refractivity contribution in [2.75, 3.05) is 20.3 Å². The van der Waals surface area contributed by atoms with Crippen LogP contribution in [0.4, 0.5) is 0 Å². The molecular formula is C27H36N2O10. The van der Waals surface area contributed by atoms with Gasteiger partial charge in [-0.05, 0) is 24.6 Å². The minimum Gasteiger partial charge on any atom is -0.471 e. The number of esters is 1. The number of aromatic amines is 1. The number of hydrogen-bond donors (Lipinski definition) is 6. The maximum Gasteiger partial charge on any atom is 0.337 e. The van der Waals surface area contributed by atoms with E-state index in [1.165, 1.54) is 29.7 Å². The molecule has 1 saturated heterocycles. The molecule has 0 saturated carbocycles. The fourth-order valence-corrected chi connectivity index (χ4v) is 4.62. The van der Waals surface area contributed by atoms with Crippen LogP contribution in [0.3, 0.4) is 0 Å². The van der Waals surface area contributed by atoms with Crippen molar-refractivity contribution in [2.24, 2.45) is 17.6 Å². The first-order valence-corrected chi connectivity index (χ1v) is 12.5. The van der Waals surface area contributed by atoms with Crippen molar-refractivity contribution < 1.29 is 49.0 Å². The zero-order valence-electron chi connectivity index (χ0n) is 21.6. The lowest BCUT2D eigenvalue weighted by atomic mass is 9.82. The van der Waals surface area contributed by atoms with Crippen LogP contribution in [0.15, 0.2) is 55.0 Å². The van der Waals surface area contributed by atoms with E-state index in [2.05, 4.69) is 34.5 Å². The Morgan fingerprint density at radius 1 is 1.18 bits per heavy atom. The number of aldehydes is 1. The summed E-state index contributed by atoms with van der Waals surface area (Å²) < 4.78 is 21.0. The minimum atomic E-state index is -1.62. The van der Waals surface area contributed by atoms with E-state index in [1.807, 2.05) is 12.3 Å². The van der Waals surface area contributed by atoms with Crippen LogP contribution >= 0.6 is 0 Å². The van der Waals surface area contributed by atoms with Crippen LogP contribution in [0.25, 0.3) is 10.9 Å². The van der Waals surface area contributed by atoms with Gasteiger partial charge in [-0.2, -0.15) is 0 Å². The second-order valence-corrected chi connectivity index (χ2v) is 9.12. The topological polar surface area (TPSA) is 194 Å². The summed E-state index contributed by atoms with van der Waals surface area (Å²) in [6.45, 7) is 3.77. The van der Waals surface area contributed by atoms with Gasteiger partial charge in [0.05, 0.1) is 25.6 Å². The highest BCUT2D eigenvalue weighted by Gasteiger charge is 2.47. The summed E-state index contributed by atoms with van der Waals surface area (Å²) in [6.07, 6.45) is -2.32. The fraction of sp³-hybridized carbons (Fsp3) is 0.481. The molecular weight excluding hydrogens is 512 g/mol. The lowest BCUT2D eigenvalue weighted by molar-refractivity contribution is -0.339. The number of para-hydroxylation sites is 1. The Labute approximate surface area is 225 Å². The SMILES string of the molecule is C=C[C@H]1[C@H](O[C@@H]2O[C@H](CO)[C@@H](O)[C@H](O)[C@H]2O)OC=C(C(=O)OC)[C@H]1CC=O.NCCc1c[nH]c2ccccc12. The Morgan fingerprint density at radius 3 is 2.56 bits per heavy atom. The molecule has 1 fully saturated rings. The summed E-state index contributed by atoms with van der Waals surface area (Å²) in [5, 5.41) is 40.3. The molecule has 0 bridgehead atoms. The number of H-pyrrole nitrogens is 1. The highest BCUT2D eigenvalue weighted by atomic mass is 16.8. The molecule has 0 unspecified atom stereocenters. The molecule has 0 spiro atoms. The molecule has 2 aliphatic rings. The van der Waals surface area contributed by atoms with Crippen LogP contribution in [0, 0.1) is 11.8 Å². The first-order valence-electron chi connectivity index (χ1n) is 12.5. The molecule has 0 aliphatic carbocycles. The lowest BCUT2D eigenvalue weighted by Crippen LogP contribution is -2.60. The Hall–Kier alpha value is -3.10. The summed E-state index contributed by atoms with van der Waals surface area (Å²) in [4.78, 5) is 26.2. The number of aliphatic hydroxyl groups excluding tert-OH is 4. The standard InChI is InChI=1S/C17H24O10.C10H12N2/c1-3-8-9(4-5-18)10(15(23)24-2)7-25-16(8)27-17-14(22)13(21)12(20)11(6-19)26-17;11-6-5-8-7-12-10-4-2-1-3-9(8)10/h3,5,7-9,11-14,16-17,19-22H,1,4,6H2,2H3;1-4,7,12H,5-6,11H2/t8-,9+,11-,12-,13+,14-,16+,17+;/m1./s1. The lowest BCUT2D eigenvalue weighted by Gasteiger charge is -2.42. The molecule has 3 heterocycles. The number of fused-ring (bicyclic) bond motifs is 1. The summed E-state index contributed by atoms with van der Waals surface area (Å²) in [6, 6.07) is 8.29. The largest absolute Gasteiger partial charge is 0.471 e. The summed E-state index contributed by atoms with van der Waals surface area (Å²) in [7, 11) is 1.20. The first kappa shape index (κ1) is 30.4. The van der Waals surface area contributed by atoms with Crippen molar-refractivity contribution in [1.29, 1.82) is 0 Å². The van der Waals surface area contributed by atoms with Gasteiger partial charge in [0, 0.05) is 35.4 Å². The van der Waals surface area contributed by atoms with Crippen molar-refractivity contribution in [3.05, 3.63) is 60.5 Å². The van der Waals surface area contributed by atoms with Crippen LogP contribution in [0.1, 0.15) is 12.0 Å². The average Bonchev–Trinajstić information content (AvgIpc) is 3.36. The molecule has 2 aromatic rings. The van der Waals surface area contributed by atoms with Gasteiger partial charge in [-0.3, -0.25) is 0 Å². The number of carbonyl (C=O) groups excluding carboxylic acids is 2. The van der Waals surface area contributed by atoms with Crippen LogP contribution in [0.5, 0.6) is 0 Å². The van der Waals surface area contributed by atoms with Crippen LogP contribution in [-0.4, -0.2) is 94.9 Å². The fourth-order valence-electron chi connectivity index (χ4n) is 4.62. The molecule has 39 heavy (non-hydrogen) atoms. The minimum absolute atomic E-state index is 0.0322. The van der Waals surface area contributed by atoms with Gasteiger partial charge >= 0.3 is 5.97 Å². The van der Waals surface area contributed by atoms with Crippen molar-refractivity contribution >= 4 is 23.2 Å². The maximum atomic E-state index is 11.9. The number of nitrogens with one attached hydrogen (secondary N) is 1. The smallest absolute Gasteiger partial charge is 0.337 e. The Balaban J connectivity index is 0.000000289. The third-order valence-electron chi connectivity index (χ3n) is 6.76. The van der Waals surface area contributed by atoms with Crippen LogP contribution in [-0.2, 0) is 35.0 Å². The molecule has 12 nitrogen and oxygen atoms in total. The van der Waals surface area contributed by atoms with Crippen molar-refractivity contribution in [1.82, 2.24) is 4.98 Å². The summed E-state index contributed by atoms with van der Waals surface area (Å²) in [5.74, 6) is -1.99. The Bertz CT molecular complexity index is 1130. The molecule has 8 atom stereocenters. The molecule has 0 amide bonds. The highest BCUT2D eigenvalue weighted by Crippen LogP contribution is 2.36. The Morgan fingerprint density at radius 2 is 1.92 bits per heavy atom. The average molecular weight is 549 g/mol. The van der Waals surface area contributed by atoms with E-state index >= 15 is 0 Å². The number of ether oxygens (including phenoxy) is 4. The van der Waals surface area contributed by atoms with E-state index in [-0.39, 0.29) is 12.0 Å². The summed E-state index contributed by atoms with van der Waals surface area (Å²) in [5.41, 5.74) is 8.13. The molecule has 214 valence electrons. The highest BCUT2D eigenvalue weighted by molar-refractivity contribution is 5.89. The number of nitrogens with two attached hydrogens (primary N) is 1. The van der Waals surface area contributed by atoms with Gasteiger partial charge in [0.15, 0.2) is 6.29 Å². The van der Waals surface area contributed by atoms with Crippen molar-refractivity contribution in [3.63, 3.8) is 0 Å². The van der Waals surface area contributed by atoms with Gasteiger partial charge in [-0.1, -0.05) is 24.3 Å². The third-order valence-corrected chi connectivity index (χ3v) is 6.76. The molecule has 1 aromatic heterocycles. The summed E-state index contributed by atoms with van der Waals surface area (Å²) >= 11 is 0. The normalized spacial score (nSPS) is 30.4. The van der Waals surface area contributed by atoms with Crippen molar-refractivity contribution in [2.45, 2.75) is 49.8 Å². The van der Waals surface area contributed by atoms with Crippen LogP contribution in [0.2, 0.25) is 0 Å². The van der Waals surface area contributed by atoms with Gasteiger partial charge < -0.3 is 54.9 Å². The predicted molar refractivity (Wildman–Crippen MR) is 139 cm³/mol. The molecule has 7 N–H and O–H groups in total. The predicted octanol–water partition coefficient (Wildman–Crippen LogP) is -0.107. The van der Waals surface area contributed by atoms with Crippen LogP contribution < -0.4 is 5.73 Å². The van der Waals surface area contributed by atoms with Gasteiger partial charge in [0.25, 0.3) is 0 Å². The van der Waals surface area contributed by atoms with Gasteiger partial charge in [0.1, 0.15) is 30.7 Å². The number of hydrogen-bond acceptors (Lipinski definition) is 11. The zero-order valence-corrected chi connectivity index (χ0v) is 21.6. The molecule has 2 aliphatic heterocycles. The number of aliphatic hydroxyl groups is 4. The number of carbonyl (C=O) groups is 2. The third kappa shape index (κ3) is 6.92. The molecule has 1 aromatic carbocycles. The molecule has 4 rings (SSSR count). The van der Waals surface area contributed by atoms with Gasteiger partial charge in [0.2, 0.25) is 6.29 Å². The van der Waals surface area contributed by atoms with E-state index in [9.17, 15) is 30.0 Å². The van der Waals surface area contributed by atoms with E-state index in [1.54, 1.807) is 0 Å². The Kier molecular flexibility index (Phi) is 11.2. The second kappa shape index (κ2) is 14.3. The quantitative estimate of drug-likeness (QED) is 0.139. The van der Waals surface area contributed by atoms with E-state index in [0.29, 0.717) is 12.8 Å². The molecule has 0 radical (unpaired) electrons. The van der Waals surface area contributed by atoms with Gasteiger partial charge in [-0.15, -0.1) is 6.58 Å². The van der Waals surface area contributed by atoms with E-state index in [4.69, 9.17) is 19.9 Å².